The predicted octanol–water partition coefficient (Wildman–Crippen LogP) is 3.83. The smallest absolute Gasteiger partial charge is 0.0468 e. The average Bonchev–Trinajstić information content (AvgIpc) is 2.03. The van der Waals surface area contributed by atoms with E-state index in [9.17, 15) is 0 Å². The lowest BCUT2D eigenvalue weighted by Gasteiger charge is -2.12. The van der Waals surface area contributed by atoms with E-state index in [0.29, 0.717) is 10.0 Å². The van der Waals surface area contributed by atoms with E-state index in [-0.39, 0.29) is 18.4 Å². The molecule has 13 heavy (non-hydrogen) atoms. The van der Waals surface area contributed by atoms with Gasteiger partial charge in [-0.2, -0.15) is 0 Å². The largest absolute Gasteiger partial charge is 0.324 e. The highest BCUT2D eigenvalue weighted by atomic mass is 35.5. The molecule has 74 valence electrons. The van der Waals surface area contributed by atoms with Crippen LogP contribution in [-0.4, -0.2) is 0 Å². The van der Waals surface area contributed by atoms with Gasteiger partial charge in [-0.3, -0.25) is 0 Å². The lowest BCUT2D eigenvalue weighted by atomic mass is 10.1. The van der Waals surface area contributed by atoms with Crippen molar-refractivity contribution in [2.24, 2.45) is 5.73 Å². The zero-order chi connectivity index (χ0) is 9.14. The normalized spacial score (nSPS) is 12.0. The van der Waals surface area contributed by atoms with Crippen molar-refractivity contribution in [2.75, 3.05) is 0 Å². The van der Waals surface area contributed by atoms with Gasteiger partial charge in [0, 0.05) is 21.7 Å². The van der Waals surface area contributed by atoms with Gasteiger partial charge < -0.3 is 5.73 Å². The van der Waals surface area contributed by atoms with Crippen LogP contribution in [0.15, 0.2) is 18.2 Å². The predicted molar refractivity (Wildman–Crippen MR) is 60.9 cm³/mol. The van der Waals surface area contributed by atoms with Crippen molar-refractivity contribution in [3.63, 3.8) is 0 Å². The first-order chi connectivity index (χ1) is 5.66. The van der Waals surface area contributed by atoms with E-state index < -0.39 is 0 Å². The summed E-state index contributed by atoms with van der Waals surface area (Å²) in [6.45, 7) is 2.00. The van der Waals surface area contributed by atoms with Gasteiger partial charge in [0.2, 0.25) is 0 Å². The molecule has 0 aromatic heterocycles. The highest BCUT2D eigenvalue weighted by molar-refractivity contribution is 6.36. The second-order valence-corrected chi connectivity index (χ2v) is 3.46. The highest BCUT2D eigenvalue weighted by Crippen LogP contribution is 2.30. The van der Waals surface area contributed by atoms with Crippen LogP contribution in [-0.2, 0) is 0 Å². The zero-order valence-corrected chi connectivity index (χ0v) is 9.59. The van der Waals surface area contributed by atoms with Gasteiger partial charge >= 0.3 is 0 Å². The molecule has 0 bridgehead atoms. The molecule has 0 radical (unpaired) electrons. The summed E-state index contributed by atoms with van der Waals surface area (Å²) in [7, 11) is 0. The van der Waals surface area contributed by atoms with E-state index in [1.807, 2.05) is 13.0 Å². The second kappa shape index (κ2) is 5.71. The molecule has 0 amide bonds. The summed E-state index contributed by atoms with van der Waals surface area (Å²) in [5, 5.41) is 1.30. The van der Waals surface area contributed by atoms with Crippen molar-refractivity contribution >= 4 is 35.6 Å². The van der Waals surface area contributed by atoms with Crippen LogP contribution in [0.4, 0.5) is 0 Å². The van der Waals surface area contributed by atoms with Crippen LogP contribution in [0.2, 0.25) is 10.0 Å². The maximum Gasteiger partial charge on any atom is 0.0468 e. The molecule has 0 saturated carbocycles. The van der Waals surface area contributed by atoms with Gasteiger partial charge in [-0.1, -0.05) is 36.2 Å². The Morgan fingerprint density at radius 3 is 2.15 bits per heavy atom. The maximum atomic E-state index is 5.94. The van der Waals surface area contributed by atoms with Crippen molar-refractivity contribution in [1.82, 2.24) is 0 Å². The Morgan fingerprint density at radius 2 is 1.77 bits per heavy atom. The molecular weight excluding hydrogens is 228 g/mol. The van der Waals surface area contributed by atoms with E-state index in [1.54, 1.807) is 12.1 Å². The van der Waals surface area contributed by atoms with Gasteiger partial charge in [0.1, 0.15) is 0 Å². The second-order valence-electron chi connectivity index (χ2n) is 2.65. The van der Waals surface area contributed by atoms with Gasteiger partial charge in [-0.05, 0) is 18.6 Å². The fourth-order valence-electron chi connectivity index (χ4n) is 1.07. The summed E-state index contributed by atoms with van der Waals surface area (Å²) in [6.07, 6.45) is 0.837. The lowest BCUT2D eigenvalue weighted by molar-refractivity contribution is 0.699. The van der Waals surface area contributed by atoms with E-state index in [4.69, 9.17) is 28.9 Å². The molecule has 1 nitrogen and oxygen atoms in total. The number of benzene rings is 1. The third-order valence-corrected chi connectivity index (χ3v) is 2.47. The van der Waals surface area contributed by atoms with E-state index >= 15 is 0 Å². The monoisotopic (exact) mass is 239 g/mol. The van der Waals surface area contributed by atoms with Crippen LogP contribution in [0.5, 0.6) is 0 Å². The highest BCUT2D eigenvalue weighted by Gasteiger charge is 2.11. The number of rotatable bonds is 2. The van der Waals surface area contributed by atoms with Crippen LogP contribution in [0.3, 0.4) is 0 Å². The maximum absolute atomic E-state index is 5.94. The summed E-state index contributed by atoms with van der Waals surface area (Å²) in [5.41, 5.74) is 6.68. The molecule has 0 spiro atoms. The molecule has 0 unspecified atom stereocenters. The van der Waals surface area contributed by atoms with Crippen LogP contribution in [0, 0.1) is 0 Å². The molecule has 0 fully saturated rings. The first-order valence-electron chi connectivity index (χ1n) is 3.86. The topological polar surface area (TPSA) is 26.0 Å². The van der Waals surface area contributed by atoms with Gasteiger partial charge in [0.25, 0.3) is 0 Å². The van der Waals surface area contributed by atoms with Crippen LogP contribution in [0.1, 0.15) is 24.9 Å². The minimum Gasteiger partial charge on any atom is -0.324 e. The Hall–Kier alpha value is 0.0500. The fraction of sp³-hybridized carbons (Fsp3) is 0.333. The standard InChI is InChI=1S/C9H11Cl2N.ClH/c1-2-8(12)9-6(10)4-3-5-7(9)11;/h3-5,8H,2,12H2,1H3;1H/t8-;/m1./s1. The minimum atomic E-state index is -0.0637. The molecule has 0 aliphatic heterocycles. The van der Waals surface area contributed by atoms with Crippen molar-refractivity contribution < 1.29 is 0 Å². The number of nitrogens with two attached hydrogens (primary N) is 1. The van der Waals surface area contributed by atoms with Crippen LogP contribution in [0.25, 0.3) is 0 Å². The van der Waals surface area contributed by atoms with E-state index in [1.165, 1.54) is 0 Å². The molecule has 2 N–H and O–H groups in total. The summed E-state index contributed by atoms with van der Waals surface area (Å²) >= 11 is 11.9. The lowest BCUT2D eigenvalue weighted by Crippen LogP contribution is -2.09. The number of halogens is 3. The fourth-order valence-corrected chi connectivity index (χ4v) is 1.75. The quantitative estimate of drug-likeness (QED) is 0.835. The molecule has 1 rings (SSSR count). The molecule has 0 saturated heterocycles. The van der Waals surface area contributed by atoms with Crippen LogP contribution < -0.4 is 5.73 Å². The Kier molecular flexibility index (Phi) is 5.73. The Labute approximate surface area is 94.6 Å². The van der Waals surface area contributed by atoms with Crippen molar-refractivity contribution in [1.29, 1.82) is 0 Å². The van der Waals surface area contributed by atoms with Crippen molar-refractivity contribution in [3.8, 4) is 0 Å². The minimum absolute atomic E-state index is 0. The van der Waals surface area contributed by atoms with Gasteiger partial charge in [0.15, 0.2) is 0 Å². The summed E-state index contributed by atoms with van der Waals surface area (Å²) < 4.78 is 0. The third-order valence-electron chi connectivity index (χ3n) is 1.81. The number of hydrogen-bond donors (Lipinski definition) is 1. The first kappa shape index (κ1) is 13.1. The molecule has 4 heteroatoms. The average molecular weight is 241 g/mol. The van der Waals surface area contributed by atoms with Crippen LogP contribution >= 0.6 is 35.6 Å². The Morgan fingerprint density at radius 1 is 1.31 bits per heavy atom. The molecule has 1 atom stereocenters. The zero-order valence-electron chi connectivity index (χ0n) is 7.26. The van der Waals surface area contributed by atoms with Crippen molar-refractivity contribution in [3.05, 3.63) is 33.8 Å². The summed E-state index contributed by atoms with van der Waals surface area (Å²) in [5.74, 6) is 0. The summed E-state index contributed by atoms with van der Waals surface area (Å²) in [6, 6.07) is 5.36. The Bertz CT molecular complexity index is 255. The molecular formula is C9H12Cl3N. The van der Waals surface area contributed by atoms with E-state index in [2.05, 4.69) is 0 Å². The van der Waals surface area contributed by atoms with Gasteiger partial charge in [-0.25, -0.2) is 0 Å². The number of hydrogen-bond acceptors (Lipinski definition) is 1. The molecule has 0 aliphatic rings. The van der Waals surface area contributed by atoms with Crippen molar-refractivity contribution in [2.45, 2.75) is 19.4 Å². The first-order valence-corrected chi connectivity index (χ1v) is 4.62. The molecule has 0 heterocycles. The molecule has 1 aromatic carbocycles. The SMILES string of the molecule is CC[C@@H](N)c1c(Cl)cccc1Cl.Cl. The third kappa shape index (κ3) is 3.03. The Balaban J connectivity index is 0.00000144. The van der Waals surface area contributed by atoms with Gasteiger partial charge in [-0.15, -0.1) is 12.4 Å². The summed E-state index contributed by atoms with van der Waals surface area (Å²) in [4.78, 5) is 0. The molecule has 1 aromatic rings. The van der Waals surface area contributed by atoms with E-state index in [0.717, 1.165) is 12.0 Å². The molecule has 0 aliphatic carbocycles. The van der Waals surface area contributed by atoms with Gasteiger partial charge in [0.05, 0.1) is 0 Å².